The summed E-state index contributed by atoms with van der Waals surface area (Å²) in [7, 11) is 0. The van der Waals surface area contributed by atoms with Crippen LogP contribution in [0.5, 0.6) is 0 Å². The maximum atomic E-state index is 5.81. The molecular weight excluding hydrogens is 460 g/mol. The summed E-state index contributed by atoms with van der Waals surface area (Å²) in [6, 6.07) is 19.2. The molecule has 0 radical (unpaired) electrons. The Morgan fingerprint density at radius 1 is 0.895 bits per heavy atom. The number of hydrogen-bond acceptors (Lipinski definition) is 2. The Kier molecular flexibility index (Phi) is 18.6. The van der Waals surface area contributed by atoms with Gasteiger partial charge in [0.25, 0.3) is 0 Å². The Hall–Kier alpha value is -3.52. The molecule has 1 unspecified atom stereocenters. The predicted octanol–water partition coefficient (Wildman–Crippen LogP) is 9.83. The van der Waals surface area contributed by atoms with E-state index in [1.807, 2.05) is 38.1 Å². The highest BCUT2D eigenvalue weighted by atomic mass is 14.9. The van der Waals surface area contributed by atoms with E-state index in [1.54, 1.807) is 6.08 Å². The summed E-state index contributed by atoms with van der Waals surface area (Å²) in [5.41, 5.74) is 14.5. The van der Waals surface area contributed by atoms with Crippen LogP contribution in [0.1, 0.15) is 69.6 Å². The molecule has 2 aromatic rings. The first-order chi connectivity index (χ1) is 18.0. The molecule has 2 nitrogen and oxygen atoms in total. The molecule has 0 aromatic heterocycles. The van der Waals surface area contributed by atoms with Crippen LogP contribution in [0.3, 0.4) is 0 Å². The average molecular weight is 513 g/mol. The molecule has 0 saturated carbocycles. The number of nitrogens with two attached hydrogens (primary N) is 1. The molecule has 3 N–H and O–H groups in total. The van der Waals surface area contributed by atoms with Gasteiger partial charge in [-0.1, -0.05) is 135 Å². The highest BCUT2D eigenvalue weighted by molar-refractivity contribution is 5.45. The molecule has 0 aliphatic carbocycles. The number of hydrogen-bond donors (Lipinski definition) is 2. The fraction of sp³-hybridized carbons (Fsp3) is 0.333. The number of rotatable bonds is 12. The molecule has 2 aromatic carbocycles. The largest absolute Gasteiger partial charge is 0.399 e. The van der Waals surface area contributed by atoms with Crippen LogP contribution in [-0.2, 0) is 0 Å². The topological polar surface area (TPSA) is 38.0 Å². The first-order valence-electron chi connectivity index (χ1n) is 13.6. The SMILES string of the molecule is C=CC(=C)NC(CCCC)CCC(=C)/C=C(C)\C(=C/C)C(=C)N.Cc1ccc(C)cc1.Cc1ccccc1. The third kappa shape index (κ3) is 17.0. The minimum atomic E-state index is 0.413. The van der Waals surface area contributed by atoms with Gasteiger partial charge < -0.3 is 11.1 Å². The van der Waals surface area contributed by atoms with E-state index >= 15 is 0 Å². The number of benzene rings is 2. The smallest absolute Gasteiger partial charge is 0.0313 e. The van der Waals surface area contributed by atoms with Crippen LogP contribution < -0.4 is 11.1 Å². The molecule has 38 heavy (non-hydrogen) atoms. The fourth-order valence-corrected chi connectivity index (χ4v) is 3.71. The van der Waals surface area contributed by atoms with E-state index in [1.165, 1.54) is 29.5 Å². The quantitative estimate of drug-likeness (QED) is 0.278. The van der Waals surface area contributed by atoms with Gasteiger partial charge in [0, 0.05) is 17.4 Å². The minimum Gasteiger partial charge on any atom is -0.399 e. The van der Waals surface area contributed by atoms with Crippen molar-refractivity contribution in [2.45, 2.75) is 79.7 Å². The van der Waals surface area contributed by atoms with Crippen molar-refractivity contribution >= 4 is 0 Å². The molecule has 2 rings (SSSR count). The van der Waals surface area contributed by atoms with E-state index in [0.717, 1.165) is 41.7 Å². The minimum absolute atomic E-state index is 0.413. The van der Waals surface area contributed by atoms with Gasteiger partial charge in [0.05, 0.1) is 0 Å². The molecule has 0 fully saturated rings. The lowest BCUT2D eigenvalue weighted by Gasteiger charge is -2.20. The van der Waals surface area contributed by atoms with Crippen molar-refractivity contribution in [3.63, 3.8) is 0 Å². The lowest BCUT2D eigenvalue weighted by molar-refractivity contribution is 0.480. The third-order valence-electron chi connectivity index (χ3n) is 5.99. The molecule has 2 heteroatoms. The zero-order valence-electron chi connectivity index (χ0n) is 24.9. The second-order valence-corrected chi connectivity index (χ2v) is 9.77. The molecule has 0 spiro atoms. The average Bonchev–Trinajstić information content (AvgIpc) is 2.88. The Morgan fingerprint density at radius 3 is 1.82 bits per heavy atom. The summed E-state index contributed by atoms with van der Waals surface area (Å²) < 4.78 is 0. The molecule has 1 atom stereocenters. The Balaban J connectivity index is 0.000000725. The fourth-order valence-electron chi connectivity index (χ4n) is 3.71. The van der Waals surface area contributed by atoms with E-state index in [2.05, 4.69) is 102 Å². The van der Waals surface area contributed by atoms with E-state index in [4.69, 9.17) is 5.73 Å². The number of nitrogens with one attached hydrogen (secondary N) is 1. The zero-order valence-corrected chi connectivity index (χ0v) is 24.9. The molecule has 206 valence electrons. The first-order valence-corrected chi connectivity index (χ1v) is 13.6. The first kappa shape index (κ1) is 34.5. The van der Waals surface area contributed by atoms with Crippen LogP contribution in [0.4, 0.5) is 0 Å². The van der Waals surface area contributed by atoms with E-state index in [-0.39, 0.29) is 0 Å². The number of aryl methyl sites for hydroxylation is 3. The number of unbranched alkanes of at least 4 members (excludes halogenated alkanes) is 1. The maximum Gasteiger partial charge on any atom is 0.0313 e. The van der Waals surface area contributed by atoms with Gasteiger partial charge in [0.1, 0.15) is 0 Å². The summed E-state index contributed by atoms with van der Waals surface area (Å²) in [5.74, 6) is 0. The normalized spacial score (nSPS) is 11.6. The molecule has 0 amide bonds. The van der Waals surface area contributed by atoms with Crippen molar-refractivity contribution in [1.82, 2.24) is 5.32 Å². The number of allylic oxidation sites excluding steroid dienone is 5. The summed E-state index contributed by atoms with van der Waals surface area (Å²) in [6.07, 6.45) is 11.4. The highest BCUT2D eigenvalue weighted by Gasteiger charge is 2.09. The van der Waals surface area contributed by atoms with E-state index in [0.29, 0.717) is 11.7 Å². The van der Waals surface area contributed by atoms with Gasteiger partial charge in [0.15, 0.2) is 0 Å². The van der Waals surface area contributed by atoms with Crippen molar-refractivity contribution < 1.29 is 0 Å². The van der Waals surface area contributed by atoms with Crippen LogP contribution in [0.15, 0.2) is 127 Å². The van der Waals surface area contributed by atoms with Gasteiger partial charge in [-0.25, -0.2) is 0 Å². The summed E-state index contributed by atoms with van der Waals surface area (Å²) in [5, 5.41) is 3.44. The van der Waals surface area contributed by atoms with Gasteiger partial charge in [-0.2, -0.15) is 0 Å². The predicted molar refractivity (Wildman–Crippen MR) is 172 cm³/mol. The molecular formula is C36H52N2. The second kappa shape index (κ2) is 20.5. The second-order valence-electron chi connectivity index (χ2n) is 9.77. The Labute approximate surface area is 234 Å². The van der Waals surface area contributed by atoms with E-state index in [9.17, 15) is 0 Å². The van der Waals surface area contributed by atoms with Crippen LogP contribution in [0, 0.1) is 20.8 Å². The van der Waals surface area contributed by atoms with Gasteiger partial charge >= 0.3 is 0 Å². The highest BCUT2D eigenvalue weighted by Crippen LogP contribution is 2.19. The van der Waals surface area contributed by atoms with Crippen molar-refractivity contribution in [3.8, 4) is 0 Å². The van der Waals surface area contributed by atoms with Gasteiger partial charge in [0.2, 0.25) is 0 Å². The maximum absolute atomic E-state index is 5.81. The lowest BCUT2D eigenvalue weighted by atomic mass is 9.98. The monoisotopic (exact) mass is 512 g/mol. The van der Waals surface area contributed by atoms with E-state index < -0.39 is 0 Å². The standard InChI is InChI=1S/C21H34N2.C8H10.C7H8/c1-8-11-12-20(23-18(6)9-2)14-13-16(4)15-17(5)21(10-3)19(7)22;1-7-3-5-8(2)6-4-7;1-7-5-3-2-4-6-7/h9-10,15,20,23H,2,4,6-8,11-14,22H2,1,3,5H3;3-6H,1-2H3;2-6H,1H3/b17-15-,21-10+;;. The molecule has 0 heterocycles. The van der Waals surface area contributed by atoms with Crippen molar-refractivity contribution in [2.24, 2.45) is 5.73 Å². The van der Waals surface area contributed by atoms with Crippen LogP contribution in [0.2, 0.25) is 0 Å². The van der Waals surface area contributed by atoms with Gasteiger partial charge in [-0.15, -0.1) is 0 Å². The van der Waals surface area contributed by atoms with Crippen LogP contribution in [0.25, 0.3) is 0 Å². The van der Waals surface area contributed by atoms with Crippen molar-refractivity contribution in [3.05, 3.63) is 144 Å². The van der Waals surface area contributed by atoms with Crippen LogP contribution >= 0.6 is 0 Å². The summed E-state index contributed by atoms with van der Waals surface area (Å²) in [6.45, 7) is 28.2. The third-order valence-corrected chi connectivity index (χ3v) is 5.99. The Bertz CT molecular complexity index is 1020. The Morgan fingerprint density at radius 2 is 1.42 bits per heavy atom. The molecule has 0 saturated heterocycles. The molecule has 0 aliphatic rings. The molecule has 0 bridgehead atoms. The summed E-state index contributed by atoms with van der Waals surface area (Å²) in [4.78, 5) is 0. The van der Waals surface area contributed by atoms with Crippen molar-refractivity contribution in [2.75, 3.05) is 0 Å². The van der Waals surface area contributed by atoms with Crippen molar-refractivity contribution in [1.29, 1.82) is 0 Å². The lowest BCUT2D eigenvalue weighted by Crippen LogP contribution is -2.27. The van der Waals surface area contributed by atoms with Gasteiger partial charge in [-0.3, -0.25) is 0 Å². The summed E-state index contributed by atoms with van der Waals surface area (Å²) >= 11 is 0. The molecule has 0 aliphatic heterocycles. The van der Waals surface area contributed by atoms with Gasteiger partial charge in [-0.05, 0) is 71.1 Å². The zero-order chi connectivity index (χ0) is 28.9. The van der Waals surface area contributed by atoms with Crippen LogP contribution in [-0.4, -0.2) is 6.04 Å².